The molecule has 1 N–H and O–H groups in total. The normalized spacial score (nSPS) is 23.1. The number of hydrogen-bond donors (Lipinski definition) is 1. The SMILES string of the molecule is CC(C)CC1CN(Cc2ncnn2C(C)C)C(C)(C)CN1. The van der Waals surface area contributed by atoms with Gasteiger partial charge in [0.1, 0.15) is 12.2 Å². The summed E-state index contributed by atoms with van der Waals surface area (Å²) in [5.41, 5.74) is 0.154. The zero-order chi connectivity index (χ0) is 15.6. The maximum Gasteiger partial charge on any atom is 0.141 e. The molecule has 0 amide bonds. The molecule has 21 heavy (non-hydrogen) atoms. The Labute approximate surface area is 129 Å². The summed E-state index contributed by atoms with van der Waals surface area (Å²) in [7, 11) is 0. The molecule has 2 rings (SSSR count). The molecule has 2 heterocycles. The van der Waals surface area contributed by atoms with Crippen LogP contribution >= 0.6 is 0 Å². The topological polar surface area (TPSA) is 46.0 Å². The molecule has 1 aromatic rings. The highest BCUT2D eigenvalue weighted by Crippen LogP contribution is 2.23. The van der Waals surface area contributed by atoms with Crippen LogP contribution < -0.4 is 5.32 Å². The van der Waals surface area contributed by atoms with E-state index >= 15 is 0 Å². The van der Waals surface area contributed by atoms with Crippen molar-refractivity contribution in [3.63, 3.8) is 0 Å². The molecule has 5 heteroatoms. The lowest BCUT2D eigenvalue weighted by molar-refractivity contribution is 0.0496. The predicted octanol–water partition coefficient (Wildman–Crippen LogP) is 2.46. The molecule has 0 radical (unpaired) electrons. The molecule has 0 spiro atoms. The molecule has 0 aliphatic carbocycles. The first-order valence-electron chi connectivity index (χ1n) is 8.16. The van der Waals surface area contributed by atoms with Gasteiger partial charge in [-0.15, -0.1) is 0 Å². The second-order valence-corrected chi connectivity index (χ2v) is 7.61. The Bertz CT molecular complexity index is 449. The van der Waals surface area contributed by atoms with Gasteiger partial charge in [0.2, 0.25) is 0 Å². The van der Waals surface area contributed by atoms with E-state index in [-0.39, 0.29) is 5.54 Å². The summed E-state index contributed by atoms with van der Waals surface area (Å²) < 4.78 is 2.04. The summed E-state index contributed by atoms with van der Waals surface area (Å²) >= 11 is 0. The number of rotatable bonds is 5. The third-order valence-corrected chi connectivity index (χ3v) is 4.34. The van der Waals surface area contributed by atoms with Crippen molar-refractivity contribution in [1.82, 2.24) is 25.0 Å². The Balaban J connectivity index is 2.09. The minimum absolute atomic E-state index is 0.154. The fourth-order valence-corrected chi connectivity index (χ4v) is 3.08. The molecule has 0 bridgehead atoms. The fraction of sp³-hybridized carbons (Fsp3) is 0.875. The number of aromatic nitrogens is 3. The number of nitrogens with zero attached hydrogens (tertiary/aromatic N) is 4. The van der Waals surface area contributed by atoms with Gasteiger partial charge >= 0.3 is 0 Å². The standard InChI is InChI=1S/C16H31N5/c1-12(2)7-14-8-20(16(5,6)10-17-14)9-15-18-11-19-21(15)13(3)4/h11-14,17H,7-10H2,1-6H3. The third-order valence-electron chi connectivity index (χ3n) is 4.34. The van der Waals surface area contributed by atoms with Crippen LogP contribution in [-0.2, 0) is 6.54 Å². The molecule has 1 saturated heterocycles. The van der Waals surface area contributed by atoms with E-state index in [1.165, 1.54) is 6.42 Å². The van der Waals surface area contributed by atoms with E-state index in [1.807, 2.05) is 4.68 Å². The third kappa shape index (κ3) is 4.04. The monoisotopic (exact) mass is 293 g/mol. The van der Waals surface area contributed by atoms with Gasteiger partial charge in [0.25, 0.3) is 0 Å². The van der Waals surface area contributed by atoms with Gasteiger partial charge in [0, 0.05) is 30.7 Å². The summed E-state index contributed by atoms with van der Waals surface area (Å²) in [5, 5.41) is 8.06. The Morgan fingerprint density at radius 3 is 2.67 bits per heavy atom. The minimum atomic E-state index is 0.154. The lowest BCUT2D eigenvalue weighted by Crippen LogP contribution is -2.61. The van der Waals surface area contributed by atoms with E-state index in [9.17, 15) is 0 Å². The first-order chi connectivity index (χ1) is 9.79. The highest BCUT2D eigenvalue weighted by atomic mass is 15.4. The first-order valence-corrected chi connectivity index (χ1v) is 8.16. The second-order valence-electron chi connectivity index (χ2n) is 7.61. The second kappa shape index (κ2) is 6.44. The number of hydrogen-bond acceptors (Lipinski definition) is 4. The average molecular weight is 293 g/mol. The van der Waals surface area contributed by atoms with E-state index < -0.39 is 0 Å². The quantitative estimate of drug-likeness (QED) is 0.906. The van der Waals surface area contributed by atoms with Crippen LogP contribution in [0.25, 0.3) is 0 Å². The van der Waals surface area contributed by atoms with Gasteiger partial charge in [0.05, 0.1) is 6.54 Å². The van der Waals surface area contributed by atoms with Gasteiger partial charge in [-0.2, -0.15) is 5.10 Å². The largest absolute Gasteiger partial charge is 0.311 e. The van der Waals surface area contributed by atoms with E-state index in [1.54, 1.807) is 6.33 Å². The Hall–Kier alpha value is -0.940. The molecule has 0 aromatic carbocycles. The van der Waals surface area contributed by atoms with E-state index in [2.05, 4.69) is 61.8 Å². The van der Waals surface area contributed by atoms with Gasteiger partial charge in [-0.1, -0.05) is 13.8 Å². The van der Waals surface area contributed by atoms with Crippen molar-refractivity contribution in [2.45, 2.75) is 72.1 Å². The van der Waals surface area contributed by atoms with Crippen LogP contribution in [0.3, 0.4) is 0 Å². The zero-order valence-electron chi connectivity index (χ0n) is 14.4. The zero-order valence-corrected chi connectivity index (χ0v) is 14.4. The first kappa shape index (κ1) is 16.4. The van der Waals surface area contributed by atoms with E-state index in [0.717, 1.165) is 31.4 Å². The van der Waals surface area contributed by atoms with Crippen molar-refractivity contribution in [2.24, 2.45) is 5.92 Å². The van der Waals surface area contributed by atoms with Crippen molar-refractivity contribution in [3.8, 4) is 0 Å². The molecular weight excluding hydrogens is 262 g/mol. The minimum Gasteiger partial charge on any atom is -0.311 e. The molecule has 1 atom stereocenters. The predicted molar refractivity (Wildman–Crippen MR) is 86.1 cm³/mol. The van der Waals surface area contributed by atoms with Crippen molar-refractivity contribution in [3.05, 3.63) is 12.2 Å². The smallest absolute Gasteiger partial charge is 0.141 e. The summed E-state index contributed by atoms with van der Waals surface area (Å²) in [6.45, 7) is 16.5. The van der Waals surface area contributed by atoms with Gasteiger partial charge in [-0.3, -0.25) is 4.90 Å². The van der Waals surface area contributed by atoms with E-state index in [0.29, 0.717) is 12.1 Å². The van der Waals surface area contributed by atoms with Crippen LogP contribution in [0.5, 0.6) is 0 Å². The Kier molecular flexibility index (Phi) is 5.04. The van der Waals surface area contributed by atoms with Crippen LogP contribution in [0.15, 0.2) is 6.33 Å². The van der Waals surface area contributed by atoms with Crippen LogP contribution in [-0.4, -0.2) is 44.3 Å². The summed E-state index contributed by atoms with van der Waals surface area (Å²) in [6, 6.07) is 0.938. The highest BCUT2D eigenvalue weighted by molar-refractivity contribution is 4.97. The summed E-state index contributed by atoms with van der Waals surface area (Å²) in [6.07, 6.45) is 2.90. The lowest BCUT2D eigenvalue weighted by Gasteiger charge is -2.46. The molecular formula is C16H31N5. The maximum atomic E-state index is 4.47. The average Bonchev–Trinajstić information content (AvgIpc) is 2.81. The van der Waals surface area contributed by atoms with Gasteiger partial charge in [-0.25, -0.2) is 9.67 Å². The molecule has 120 valence electrons. The van der Waals surface area contributed by atoms with Crippen LogP contribution in [0.4, 0.5) is 0 Å². The molecule has 1 aliphatic heterocycles. The van der Waals surface area contributed by atoms with Crippen LogP contribution in [0.2, 0.25) is 0 Å². The van der Waals surface area contributed by atoms with Gasteiger partial charge in [-0.05, 0) is 40.0 Å². The van der Waals surface area contributed by atoms with Crippen molar-refractivity contribution in [1.29, 1.82) is 0 Å². The van der Waals surface area contributed by atoms with Crippen LogP contribution in [0, 0.1) is 5.92 Å². The lowest BCUT2D eigenvalue weighted by atomic mass is 9.93. The molecule has 1 aromatic heterocycles. The molecule has 1 aliphatic rings. The fourth-order valence-electron chi connectivity index (χ4n) is 3.08. The number of nitrogens with one attached hydrogen (secondary N) is 1. The maximum absolute atomic E-state index is 4.47. The Morgan fingerprint density at radius 2 is 2.05 bits per heavy atom. The molecule has 0 saturated carbocycles. The van der Waals surface area contributed by atoms with Gasteiger partial charge < -0.3 is 5.32 Å². The summed E-state index contributed by atoms with van der Waals surface area (Å²) in [4.78, 5) is 7.03. The van der Waals surface area contributed by atoms with Crippen LogP contribution in [0.1, 0.15) is 59.8 Å². The number of piperazine rings is 1. The molecule has 1 unspecified atom stereocenters. The van der Waals surface area contributed by atoms with Crippen molar-refractivity contribution in [2.75, 3.05) is 13.1 Å². The summed E-state index contributed by atoms with van der Waals surface area (Å²) in [5.74, 6) is 1.80. The van der Waals surface area contributed by atoms with Crippen molar-refractivity contribution < 1.29 is 0 Å². The molecule has 1 fully saturated rings. The van der Waals surface area contributed by atoms with Gasteiger partial charge in [0.15, 0.2) is 0 Å². The molecule has 5 nitrogen and oxygen atoms in total. The van der Waals surface area contributed by atoms with Crippen molar-refractivity contribution >= 4 is 0 Å². The Morgan fingerprint density at radius 1 is 1.33 bits per heavy atom. The highest BCUT2D eigenvalue weighted by Gasteiger charge is 2.34. The van der Waals surface area contributed by atoms with E-state index in [4.69, 9.17) is 0 Å².